The summed E-state index contributed by atoms with van der Waals surface area (Å²) in [6.45, 7) is 0. The summed E-state index contributed by atoms with van der Waals surface area (Å²) in [5, 5.41) is 0. The van der Waals surface area contributed by atoms with Crippen LogP contribution in [0.5, 0.6) is 0 Å². The molecule has 0 radical (unpaired) electrons. The molecule has 0 spiro atoms. The second-order valence-corrected chi connectivity index (χ2v) is 17.4. The highest BCUT2D eigenvalue weighted by molar-refractivity contribution is 7.20. The van der Waals surface area contributed by atoms with E-state index in [2.05, 4.69) is 170 Å². The third-order valence-corrected chi connectivity index (χ3v) is 14.5. The van der Waals surface area contributed by atoms with Crippen LogP contribution in [0.2, 0.25) is 0 Å². The molecule has 0 N–H and O–H groups in total. The van der Waals surface area contributed by atoms with Gasteiger partial charge >= 0.3 is 0 Å². The van der Waals surface area contributed by atoms with Gasteiger partial charge in [-0.2, -0.15) is 0 Å². The standard InChI is InChI=1S/C56H36S/c1-5-13-45-33(9-1)25-41-29-37(17-21-49(41)45)53-54(38-18-22-50-42(30-38)26-34-10-2-6-14-46(34)50)56(40-20-24-52-44(32-40)28-36-12-4-8-16-48(36)52)57-55(53)39-19-23-51-43(31-39)27-35-11-3-7-15-47(35)51/h1-24,29-32H,25-28H2. The van der Waals surface area contributed by atoms with Crippen LogP contribution in [0.15, 0.2) is 170 Å². The van der Waals surface area contributed by atoms with E-state index in [1.165, 1.54) is 132 Å². The molecule has 266 valence electrons. The van der Waals surface area contributed by atoms with Crippen LogP contribution in [0, 0.1) is 0 Å². The Kier molecular flexibility index (Phi) is 6.65. The molecule has 1 heteroatoms. The van der Waals surface area contributed by atoms with Crippen molar-refractivity contribution in [3.63, 3.8) is 0 Å². The minimum absolute atomic E-state index is 0.973. The Bertz CT molecular complexity index is 2980. The molecule has 0 bridgehead atoms. The molecule has 0 unspecified atom stereocenters. The molecule has 9 aromatic rings. The van der Waals surface area contributed by atoms with Gasteiger partial charge in [-0.3, -0.25) is 0 Å². The summed E-state index contributed by atoms with van der Waals surface area (Å²) in [5.41, 5.74) is 30.3. The quantitative estimate of drug-likeness (QED) is 0.169. The van der Waals surface area contributed by atoms with Crippen LogP contribution in [-0.4, -0.2) is 0 Å². The van der Waals surface area contributed by atoms with Crippen LogP contribution in [0.3, 0.4) is 0 Å². The molecule has 0 aliphatic heterocycles. The van der Waals surface area contributed by atoms with Crippen LogP contribution in [-0.2, 0) is 25.7 Å². The molecule has 57 heavy (non-hydrogen) atoms. The minimum Gasteiger partial charge on any atom is -0.134 e. The minimum atomic E-state index is 0.973. The first-order valence-corrected chi connectivity index (χ1v) is 21.1. The summed E-state index contributed by atoms with van der Waals surface area (Å²) in [5.74, 6) is 0. The van der Waals surface area contributed by atoms with E-state index < -0.39 is 0 Å². The van der Waals surface area contributed by atoms with Crippen molar-refractivity contribution in [3.8, 4) is 87.6 Å². The van der Waals surface area contributed by atoms with E-state index in [1.54, 1.807) is 0 Å². The third kappa shape index (κ3) is 4.73. The van der Waals surface area contributed by atoms with E-state index in [4.69, 9.17) is 0 Å². The maximum absolute atomic E-state index is 2.51. The monoisotopic (exact) mass is 740 g/mol. The molecule has 1 heterocycles. The Hall–Kier alpha value is -6.54. The maximum Gasteiger partial charge on any atom is 0.0434 e. The zero-order chi connectivity index (χ0) is 37.2. The topological polar surface area (TPSA) is 0 Å². The van der Waals surface area contributed by atoms with E-state index in [-0.39, 0.29) is 0 Å². The first-order chi connectivity index (χ1) is 28.2. The normalized spacial score (nSPS) is 13.3. The van der Waals surface area contributed by atoms with Crippen molar-refractivity contribution in [1.82, 2.24) is 0 Å². The predicted molar refractivity (Wildman–Crippen MR) is 239 cm³/mol. The van der Waals surface area contributed by atoms with E-state index in [0.717, 1.165) is 25.7 Å². The number of thiophene rings is 1. The smallest absolute Gasteiger partial charge is 0.0434 e. The van der Waals surface area contributed by atoms with Gasteiger partial charge in [-0.25, -0.2) is 0 Å². The van der Waals surface area contributed by atoms with Gasteiger partial charge in [0.05, 0.1) is 0 Å². The van der Waals surface area contributed by atoms with Gasteiger partial charge in [-0.05, 0) is 149 Å². The van der Waals surface area contributed by atoms with Gasteiger partial charge in [0.25, 0.3) is 0 Å². The average Bonchev–Trinajstić information content (AvgIpc) is 4.08. The van der Waals surface area contributed by atoms with Gasteiger partial charge in [0.15, 0.2) is 0 Å². The second kappa shape index (κ2) is 12.0. The number of rotatable bonds is 4. The van der Waals surface area contributed by atoms with Crippen LogP contribution in [0.25, 0.3) is 87.6 Å². The average molecular weight is 741 g/mol. The fourth-order valence-corrected chi connectivity index (χ4v) is 11.9. The van der Waals surface area contributed by atoms with Crippen molar-refractivity contribution in [2.24, 2.45) is 0 Å². The molecule has 4 aliphatic carbocycles. The summed E-state index contributed by atoms with van der Waals surface area (Å²) >= 11 is 1.98. The number of fused-ring (bicyclic) bond motifs is 12. The Morgan fingerprint density at radius 1 is 0.246 bits per heavy atom. The summed E-state index contributed by atoms with van der Waals surface area (Å²) in [7, 11) is 0. The number of hydrogen-bond donors (Lipinski definition) is 0. The molecule has 0 saturated carbocycles. The molecule has 4 aliphatic rings. The lowest BCUT2D eigenvalue weighted by molar-refractivity contribution is 1.26. The van der Waals surface area contributed by atoms with E-state index >= 15 is 0 Å². The molecular formula is C56H36S. The van der Waals surface area contributed by atoms with Crippen molar-refractivity contribution in [2.45, 2.75) is 25.7 Å². The summed E-state index contributed by atoms with van der Waals surface area (Å²) in [4.78, 5) is 2.70. The molecule has 1 aromatic heterocycles. The van der Waals surface area contributed by atoms with E-state index in [9.17, 15) is 0 Å². The lowest BCUT2D eigenvalue weighted by atomic mass is 9.88. The highest BCUT2D eigenvalue weighted by Gasteiger charge is 2.29. The molecule has 13 rings (SSSR count). The van der Waals surface area contributed by atoms with Crippen molar-refractivity contribution >= 4 is 11.3 Å². The summed E-state index contributed by atoms with van der Waals surface area (Å²) in [6, 6.07) is 65.0. The first-order valence-electron chi connectivity index (χ1n) is 20.2. The number of hydrogen-bond acceptors (Lipinski definition) is 1. The van der Waals surface area contributed by atoms with Crippen LogP contribution in [0.1, 0.15) is 44.5 Å². The molecule has 0 amide bonds. The molecule has 0 saturated heterocycles. The maximum atomic E-state index is 2.51. The molecule has 0 fully saturated rings. The predicted octanol–water partition coefficient (Wildman–Crippen LogP) is 14.7. The van der Waals surface area contributed by atoms with Gasteiger partial charge in [-0.15, -0.1) is 11.3 Å². The van der Waals surface area contributed by atoms with Crippen molar-refractivity contribution < 1.29 is 0 Å². The van der Waals surface area contributed by atoms with Gasteiger partial charge in [0.2, 0.25) is 0 Å². The Morgan fingerprint density at radius 2 is 0.509 bits per heavy atom. The SMILES string of the molecule is c1ccc2c(c1)Cc1cc(-c3sc(-c4ccc5c(c4)Cc4ccccc4-5)c(-c4ccc5c(c4)Cc4ccccc4-5)c3-c3ccc4c(c3)Cc3ccccc3-4)ccc1-2. The lowest BCUT2D eigenvalue weighted by Gasteiger charge is -2.14. The molecule has 0 nitrogen and oxygen atoms in total. The van der Waals surface area contributed by atoms with Gasteiger partial charge in [0, 0.05) is 20.9 Å². The van der Waals surface area contributed by atoms with Crippen molar-refractivity contribution in [1.29, 1.82) is 0 Å². The fourth-order valence-electron chi connectivity index (χ4n) is 10.6. The van der Waals surface area contributed by atoms with Crippen LogP contribution < -0.4 is 0 Å². The molecule has 0 atom stereocenters. The largest absolute Gasteiger partial charge is 0.134 e. The Balaban J connectivity index is 1.06. The van der Waals surface area contributed by atoms with Crippen molar-refractivity contribution in [3.05, 3.63) is 214 Å². The summed E-state index contributed by atoms with van der Waals surface area (Å²) < 4.78 is 0. The van der Waals surface area contributed by atoms with Crippen LogP contribution in [0.4, 0.5) is 0 Å². The highest BCUT2D eigenvalue weighted by atomic mass is 32.1. The zero-order valence-electron chi connectivity index (χ0n) is 31.4. The van der Waals surface area contributed by atoms with Gasteiger partial charge < -0.3 is 0 Å². The molecular weight excluding hydrogens is 705 g/mol. The number of benzene rings is 8. The van der Waals surface area contributed by atoms with Crippen LogP contribution >= 0.6 is 11.3 Å². The van der Waals surface area contributed by atoms with Gasteiger partial charge in [0.1, 0.15) is 0 Å². The van der Waals surface area contributed by atoms with Crippen molar-refractivity contribution in [2.75, 3.05) is 0 Å². The second-order valence-electron chi connectivity index (χ2n) is 16.3. The van der Waals surface area contributed by atoms with E-state index in [0.29, 0.717) is 0 Å². The fraction of sp³-hybridized carbons (Fsp3) is 0.0714. The lowest BCUT2D eigenvalue weighted by Crippen LogP contribution is -1.91. The molecule has 8 aromatic carbocycles. The zero-order valence-corrected chi connectivity index (χ0v) is 32.2. The summed E-state index contributed by atoms with van der Waals surface area (Å²) in [6.07, 6.45) is 3.91. The Morgan fingerprint density at radius 3 is 0.842 bits per heavy atom. The third-order valence-electron chi connectivity index (χ3n) is 13.2. The highest BCUT2D eigenvalue weighted by Crippen LogP contribution is 2.55. The first kappa shape index (κ1) is 31.6. The van der Waals surface area contributed by atoms with E-state index in [1.807, 2.05) is 11.3 Å². The van der Waals surface area contributed by atoms with Gasteiger partial charge in [-0.1, -0.05) is 158 Å². The Labute approximate surface area is 337 Å².